The number of benzene rings is 3. The normalized spacial score (nSPS) is 14.0. The van der Waals surface area contributed by atoms with E-state index in [1.165, 1.54) is 5.56 Å². The second-order valence-corrected chi connectivity index (χ2v) is 6.62. The molecule has 2 heteroatoms. The zero-order valence-electron chi connectivity index (χ0n) is 14.9. The molecule has 1 aliphatic heterocycles. The minimum Gasteiger partial charge on any atom is -0.284 e. The van der Waals surface area contributed by atoms with E-state index in [9.17, 15) is 4.79 Å². The van der Waals surface area contributed by atoms with Crippen molar-refractivity contribution in [2.75, 3.05) is 4.90 Å². The fourth-order valence-electron chi connectivity index (χ4n) is 3.54. The summed E-state index contributed by atoms with van der Waals surface area (Å²) >= 11 is 0. The third-order valence-corrected chi connectivity index (χ3v) is 4.80. The molecule has 3 aromatic rings. The van der Waals surface area contributed by atoms with Gasteiger partial charge >= 0.3 is 0 Å². The van der Waals surface area contributed by atoms with Crippen LogP contribution in [0.3, 0.4) is 0 Å². The van der Waals surface area contributed by atoms with Gasteiger partial charge in [-0.3, -0.25) is 9.69 Å². The van der Waals surface area contributed by atoms with Crippen LogP contribution in [0.5, 0.6) is 0 Å². The molecule has 0 aromatic heterocycles. The van der Waals surface area contributed by atoms with Gasteiger partial charge < -0.3 is 0 Å². The molecule has 1 aliphatic rings. The number of aryl methyl sites for hydroxylation is 1. The zero-order valence-corrected chi connectivity index (χ0v) is 14.9. The van der Waals surface area contributed by atoms with E-state index in [2.05, 4.69) is 43.3 Å². The predicted molar refractivity (Wildman–Crippen MR) is 107 cm³/mol. The number of hydrogen-bond donors (Lipinski definition) is 0. The summed E-state index contributed by atoms with van der Waals surface area (Å²) < 4.78 is 0. The van der Waals surface area contributed by atoms with Gasteiger partial charge in [0.1, 0.15) is 0 Å². The van der Waals surface area contributed by atoms with Gasteiger partial charge in [0, 0.05) is 23.4 Å². The van der Waals surface area contributed by atoms with E-state index in [4.69, 9.17) is 0 Å². The lowest BCUT2D eigenvalue weighted by Gasteiger charge is -2.23. The number of nitrogens with zero attached hydrogens (tertiary/aromatic N) is 1. The molecule has 0 unspecified atom stereocenters. The maximum Gasteiger partial charge on any atom is 0.231 e. The first-order valence-electron chi connectivity index (χ1n) is 8.97. The predicted octanol–water partition coefficient (Wildman–Crippen LogP) is 5.58. The van der Waals surface area contributed by atoms with Gasteiger partial charge in [-0.2, -0.15) is 0 Å². The number of allylic oxidation sites excluding steroid dienone is 1. The van der Waals surface area contributed by atoms with Crippen LogP contribution in [0.25, 0.3) is 5.57 Å². The van der Waals surface area contributed by atoms with Crippen LogP contribution in [0.1, 0.15) is 29.5 Å². The summed E-state index contributed by atoms with van der Waals surface area (Å²) in [6, 6.07) is 28.9. The molecule has 0 saturated carbocycles. The van der Waals surface area contributed by atoms with Crippen LogP contribution in [0.2, 0.25) is 0 Å². The second-order valence-electron chi connectivity index (χ2n) is 6.62. The highest BCUT2D eigenvalue weighted by Gasteiger charge is 2.30. The van der Waals surface area contributed by atoms with Crippen LogP contribution in [0, 0.1) is 6.92 Å². The maximum absolute atomic E-state index is 12.7. The maximum atomic E-state index is 12.7. The molecule has 0 bridgehead atoms. The Balaban J connectivity index is 1.93. The first-order valence-corrected chi connectivity index (χ1v) is 8.97. The van der Waals surface area contributed by atoms with Crippen molar-refractivity contribution in [3.8, 4) is 0 Å². The van der Waals surface area contributed by atoms with Crippen molar-refractivity contribution < 1.29 is 4.79 Å². The molecule has 3 aromatic carbocycles. The number of hydrogen-bond acceptors (Lipinski definition) is 1. The fraction of sp³-hybridized carbons (Fsp3) is 0.125. The summed E-state index contributed by atoms with van der Waals surface area (Å²) in [5.74, 6) is 0.160. The highest BCUT2D eigenvalue weighted by atomic mass is 16.2. The van der Waals surface area contributed by atoms with Crippen LogP contribution in [0.4, 0.5) is 5.69 Å². The van der Waals surface area contributed by atoms with Crippen LogP contribution in [-0.2, 0) is 4.79 Å². The van der Waals surface area contributed by atoms with Crippen LogP contribution < -0.4 is 4.90 Å². The first kappa shape index (κ1) is 16.3. The molecule has 128 valence electrons. The summed E-state index contributed by atoms with van der Waals surface area (Å²) in [4.78, 5) is 14.6. The van der Waals surface area contributed by atoms with Gasteiger partial charge in [-0.1, -0.05) is 78.4 Å². The standard InChI is InChI=1S/C24H21NO/c1-18-12-14-21(15-13-18)25-22(16-17-23(25)26)24(19-8-4-2-5-9-19)20-10-6-3-7-11-20/h2-15H,16-17H2,1H3. The molecule has 1 fully saturated rings. The second kappa shape index (κ2) is 7.01. The lowest BCUT2D eigenvalue weighted by atomic mass is 9.95. The molecule has 0 N–H and O–H groups in total. The number of amides is 1. The van der Waals surface area contributed by atoms with Crippen molar-refractivity contribution in [1.82, 2.24) is 0 Å². The Bertz CT molecular complexity index is 899. The molecule has 2 nitrogen and oxygen atoms in total. The molecule has 0 spiro atoms. The zero-order chi connectivity index (χ0) is 17.9. The summed E-state index contributed by atoms with van der Waals surface area (Å²) in [6.45, 7) is 2.06. The van der Waals surface area contributed by atoms with E-state index in [1.807, 2.05) is 53.4 Å². The van der Waals surface area contributed by atoms with Crippen molar-refractivity contribution in [2.45, 2.75) is 19.8 Å². The molecule has 0 atom stereocenters. The van der Waals surface area contributed by atoms with Gasteiger partial charge in [0.05, 0.1) is 0 Å². The van der Waals surface area contributed by atoms with Gasteiger partial charge in [0.15, 0.2) is 0 Å². The summed E-state index contributed by atoms with van der Waals surface area (Å²) in [5.41, 5.74) is 6.63. The molecular weight excluding hydrogens is 318 g/mol. The fourth-order valence-corrected chi connectivity index (χ4v) is 3.54. The highest BCUT2D eigenvalue weighted by molar-refractivity contribution is 6.03. The van der Waals surface area contributed by atoms with Crippen molar-refractivity contribution in [1.29, 1.82) is 0 Å². The van der Waals surface area contributed by atoms with E-state index >= 15 is 0 Å². The van der Waals surface area contributed by atoms with Crippen molar-refractivity contribution >= 4 is 17.2 Å². The van der Waals surface area contributed by atoms with Crippen LogP contribution in [0.15, 0.2) is 90.6 Å². The minimum atomic E-state index is 0.160. The molecule has 0 radical (unpaired) electrons. The third kappa shape index (κ3) is 3.06. The molecule has 26 heavy (non-hydrogen) atoms. The van der Waals surface area contributed by atoms with E-state index in [-0.39, 0.29) is 5.91 Å². The number of carbonyl (C=O) groups is 1. The highest BCUT2D eigenvalue weighted by Crippen LogP contribution is 2.37. The topological polar surface area (TPSA) is 20.3 Å². The van der Waals surface area contributed by atoms with E-state index in [0.717, 1.165) is 34.5 Å². The Hall–Kier alpha value is -3.13. The van der Waals surface area contributed by atoms with Crippen molar-refractivity contribution in [3.63, 3.8) is 0 Å². The average molecular weight is 339 g/mol. The van der Waals surface area contributed by atoms with Crippen molar-refractivity contribution in [3.05, 3.63) is 107 Å². The number of rotatable bonds is 3. The molecule has 1 heterocycles. The molecule has 1 amide bonds. The average Bonchev–Trinajstić information content (AvgIpc) is 3.06. The van der Waals surface area contributed by atoms with E-state index in [0.29, 0.717) is 6.42 Å². The van der Waals surface area contributed by atoms with Crippen LogP contribution >= 0.6 is 0 Å². The number of carbonyl (C=O) groups excluding carboxylic acids is 1. The molecule has 0 aliphatic carbocycles. The van der Waals surface area contributed by atoms with E-state index < -0.39 is 0 Å². The van der Waals surface area contributed by atoms with Crippen molar-refractivity contribution in [2.24, 2.45) is 0 Å². The monoisotopic (exact) mass is 339 g/mol. The lowest BCUT2D eigenvalue weighted by molar-refractivity contribution is -0.116. The Labute approximate surface area is 154 Å². The Kier molecular flexibility index (Phi) is 4.40. The minimum absolute atomic E-state index is 0.160. The molecule has 1 saturated heterocycles. The van der Waals surface area contributed by atoms with Gasteiger partial charge in [-0.05, 0) is 36.6 Å². The van der Waals surface area contributed by atoms with Gasteiger partial charge in [-0.15, -0.1) is 0 Å². The smallest absolute Gasteiger partial charge is 0.231 e. The molecular formula is C24H21NO. The lowest BCUT2D eigenvalue weighted by Crippen LogP contribution is -2.23. The molecule has 4 rings (SSSR count). The summed E-state index contributed by atoms with van der Waals surface area (Å²) in [7, 11) is 0. The van der Waals surface area contributed by atoms with E-state index in [1.54, 1.807) is 0 Å². The SMILES string of the molecule is Cc1ccc(N2C(=O)CCC2=C(c2ccccc2)c2ccccc2)cc1. The van der Waals surface area contributed by atoms with Gasteiger partial charge in [0.2, 0.25) is 5.91 Å². The Morgan fingerprint density at radius 3 is 1.81 bits per heavy atom. The van der Waals surface area contributed by atoms with Gasteiger partial charge in [0.25, 0.3) is 0 Å². The third-order valence-electron chi connectivity index (χ3n) is 4.80. The van der Waals surface area contributed by atoms with Crippen LogP contribution in [-0.4, -0.2) is 5.91 Å². The summed E-state index contributed by atoms with van der Waals surface area (Å²) in [6.07, 6.45) is 1.30. The Morgan fingerprint density at radius 2 is 1.27 bits per heavy atom. The Morgan fingerprint density at radius 1 is 0.731 bits per heavy atom. The number of anilines is 1. The first-order chi connectivity index (χ1) is 12.7. The quantitative estimate of drug-likeness (QED) is 0.610. The largest absolute Gasteiger partial charge is 0.284 e. The van der Waals surface area contributed by atoms with Gasteiger partial charge in [-0.25, -0.2) is 0 Å². The summed E-state index contributed by atoms with van der Waals surface area (Å²) in [5, 5.41) is 0.